The van der Waals surface area contributed by atoms with Crippen LogP contribution in [0.1, 0.15) is 12.2 Å². The molecule has 6 heteroatoms. The molecule has 0 atom stereocenters. The van der Waals surface area contributed by atoms with E-state index in [-0.39, 0.29) is 0 Å². The molecule has 2 N–H and O–H groups in total. The Morgan fingerprint density at radius 1 is 1.47 bits per heavy atom. The maximum absolute atomic E-state index is 4.17. The summed E-state index contributed by atoms with van der Waals surface area (Å²) < 4.78 is 1.95. The van der Waals surface area contributed by atoms with Crippen molar-refractivity contribution in [1.29, 1.82) is 0 Å². The lowest BCUT2D eigenvalue weighted by Crippen LogP contribution is -2.07. The zero-order chi connectivity index (χ0) is 10.5. The minimum absolute atomic E-state index is 0.881. The second kappa shape index (κ2) is 4.59. The molecular formula is C9H14N6. The van der Waals surface area contributed by atoms with Gasteiger partial charge in [0.15, 0.2) is 0 Å². The molecule has 0 fully saturated rings. The van der Waals surface area contributed by atoms with Crippen molar-refractivity contribution in [1.82, 2.24) is 24.7 Å². The summed E-state index contributed by atoms with van der Waals surface area (Å²) in [5.41, 5.74) is 0. The number of aryl methyl sites for hydroxylation is 2. The fourth-order valence-electron chi connectivity index (χ4n) is 1.34. The van der Waals surface area contributed by atoms with Crippen molar-refractivity contribution in [3.05, 3.63) is 24.5 Å². The number of hydrogen-bond acceptors (Lipinski definition) is 4. The molecule has 0 unspecified atom stereocenters. The Morgan fingerprint density at radius 3 is 3.07 bits per heavy atom. The first kappa shape index (κ1) is 9.70. The molecule has 6 nitrogen and oxygen atoms in total. The van der Waals surface area contributed by atoms with Crippen molar-refractivity contribution in [2.45, 2.75) is 12.8 Å². The molecule has 0 saturated carbocycles. The van der Waals surface area contributed by atoms with Crippen LogP contribution >= 0.6 is 0 Å². The third-order valence-electron chi connectivity index (χ3n) is 2.16. The number of aromatic amines is 1. The van der Waals surface area contributed by atoms with Gasteiger partial charge in [-0.15, -0.1) is 0 Å². The minimum atomic E-state index is 0.881. The Kier molecular flexibility index (Phi) is 2.96. The van der Waals surface area contributed by atoms with Gasteiger partial charge in [-0.25, -0.2) is 9.97 Å². The van der Waals surface area contributed by atoms with Crippen LogP contribution in [0.5, 0.6) is 0 Å². The number of H-pyrrole nitrogens is 1. The summed E-state index contributed by atoms with van der Waals surface area (Å²) >= 11 is 0. The topological polar surface area (TPSA) is 71.4 Å². The monoisotopic (exact) mass is 206 g/mol. The highest BCUT2D eigenvalue weighted by Gasteiger charge is 1.98. The van der Waals surface area contributed by atoms with E-state index in [1.165, 1.54) is 6.33 Å². The molecule has 0 bridgehead atoms. The standard InChI is InChI=1S/C9H14N6/c1-15-6-5-11-9(15)10-4-2-3-8-12-7-13-14-8/h5-7H,2-4H2,1H3,(H,10,11)(H,12,13,14). The second-order valence-corrected chi connectivity index (χ2v) is 3.32. The Labute approximate surface area is 87.8 Å². The van der Waals surface area contributed by atoms with E-state index in [0.717, 1.165) is 31.2 Å². The summed E-state index contributed by atoms with van der Waals surface area (Å²) in [5.74, 6) is 1.82. The number of rotatable bonds is 5. The summed E-state index contributed by atoms with van der Waals surface area (Å²) in [5, 5.41) is 9.87. The Balaban J connectivity index is 1.70. The Bertz CT molecular complexity index is 390. The van der Waals surface area contributed by atoms with Crippen LogP contribution in [0.25, 0.3) is 0 Å². The molecule has 0 aliphatic carbocycles. The summed E-state index contributed by atoms with van der Waals surface area (Å²) in [6.07, 6.45) is 7.12. The molecule has 0 spiro atoms. The third kappa shape index (κ3) is 2.55. The van der Waals surface area contributed by atoms with E-state index in [1.807, 2.05) is 17.8 Å². The first-order valence-corrected chi connectivity index (χ1v) is 4.91. The molecule has 0 amide bonds. The van der Waals surface area contributed by atoms with E-state index in [0.29, 0.717) is 0 Å². The molecule has 2 aromatic heterocycles. The zero-order valence-corrected chi connectivity index (χ0v) is 8.64. The summed E-state index contributed by atoms with van der Waals surface area (Å²) in [6, 6.07) is 0. The normalized spacial score (nSPS) is 10.5. The molecule has 0 aliphatic heterocycles. The van der Waals surface area contributed by atoms with E-state index in [2.05, 4.69) is 25.5 Å². The molecule has 2 rings (SSSR count). The van der Waals surface area contributed by atoms with Gasteiger partial charge in [0.2, 0.25) is 5.95 Å². The van der Waals surface area contributed by atoms with Gasteiger partial charge < -0.3 is 9.88 Å². The molecule has 80 valence electrons. The van der Waals surface area contributed by atoms with Crippen molar-refractivity contribution in [2.75, 3.05) is 11.9 Å². The minimum Gasteiger partial charge on any atom is -0.356 e. The van der Waals surface area contributed by atoms with Gasteiger partial charge in [0.05, 0.1) is 0 Å². The molecular weight excluding hydrogens is 192 g/mol. The fourth-order valence-corrected chi connectivity index (χ4v) is 1.34. The molecule has 15 heavy (non-hydrogen) atoms. The third-order valence-corrected chi connectivity index (χ3v) is 2.16. The number of nitrogens with one attached hydrogen (secondary N) is 2. The van der Waals surface area contributed by atoms with Crippen LogP contribution in [0, 0.1) is 0 Å². The summed E-state index contributed by atoms with van der Waals surface area (Å²) in [4.78, 5) is 8.22. The first-order chi connectivity index (χ1) is 7.36. The second-order valence-electron chi connectivity index (χ2n) is 3.32. The van der Waals surface area contributed by atoms with Gasteiger partial charge in [-0.3, -0.25) is 5.10 Å². The average Bonchev–Trinajstić information content (AvgIpc) is 2.85. The summed E-state index contributed by atoms with van der Waals surface area (Å²) in [6.45, 7) is 0.881. The van der Waals surface area contributed by atoms with Crippen LogP contribution in [0.15, 0.2) is 18.7 Å². The number of hydrogen-bond donors (Lipinski definition) is 2. The van der Waals surface area contributed by atoms with E-state index in [9.17, 15) is 0 Å². The van der Waals surface area contributed by atoms with Crippen molar-refractivity contribution in [2.24, 2.45) is 7.05 Å². The lowest BCUT2D eigenvalue weighted by atomic mass is 10.3. The van der Waals surface area contributed by atoms with Crippen molar-refractivity contribution < 1.29 is 0 Å². The van der Waals surface area contributed by atoms with Gasteiger partial charge in [-0.2, -0.15) is 5.10 Å². The maximum Gasteiger partial charge on any atom is 0.202 e. The van der Waals surface area contributed by atoms with Gasteiger partial charge >= 0.3 is 0 Å². The lowest BCUT2D eigenvalue weighted by Gasteiger charge is -2.04. The summed E-state index contributed by atoms with van der Waals surface area (Å²) in [7, 11) is 1.96. The van der Waals surface area contributed by atoms with Crippen molar-refractivity contribution in [3.8, 4) is 0 Å². The van der Waals surface area contributed by atoms with Crippen molar-refractivity contribution >= 4 is 5.95 Å². The first-order valence-electron chi connectivity index (χ1n) is 4.91. The van der Waals surface area contributed by atoms with E-state index in [4.69, 9.17) is 0 Å². The number of imidazole rings is 1. The smallest absolute Gasteiger partial charge is 0.202 e. The van der Waals surface area contributed by atoms with Crippen LogP contribution in [0.3, 0.4) is 0 Å². The molecule has 0 aromatic carbocycles. The van der Waals surface area contributed by atoms with Gasteiger partial charge in [-0.1, -0.05) is 0 Å². The Hall–Kier alpha value is -1.85. The van der Waals surface area contributed by atoms with Crippen LogP contribution in [0.2, 0.25) is 0 Å². The molecule has 0 saturated heterocycles. The molecule has 2 aromatic rings. The lowest BCUT2D eigenvalue weighted by molar-refractivity contribution is 0.792. The van der Waals surface area contributed by atoms with E-state index < -0.39 is 0 Å². The predicted molar refractivity (Wildman–Crippen MR) is 56.4 cm³/mol. The molecule has 0 radical (unpaired) electrons. The van der Waals surface area contributed by atoms with Crippen LogP contribution in [-0.4, -0.2) is 31.3 Å². The molecule has 0 aliphatic rings. The van der Waals surface area contributed by atoms with Crippen LogP contribution in [-0.2, 0) is 13.5 Å². The predicted octanol–water partition coefficient (Wildman–Crippen LogP) is 0.583. The highest BCUT2D eigenvalue weighted by Crippen LogP contribution is 2.01. The number of anilines is 1. The van der Waals surface area contributed by atoms with Crippen LogP contribution < -0.4 is 5.32 Å². The highest BCUT2D eigenvalue weighted by atomic mass is 15.2. The molecule has 2 heterocycles. The van der Waals surface area contributed by atoms with E-state index >= 15 is 0 Å². The van der Waals surface area contributed by atoms with Crippen molar-refractivity contribution in [3.63, 3.8) is 0 Å². The van der Waals surface area contributed by atoms with Gasteiger partial charge in [0, 0.05) is 32.4 Å². The number of nitrogens with zero attached hydrogens (tertiary/aromatic N) is 4. The fraction of sp³-hybridized carbons (Fsp3) is 0.444. The number of aromatic nitrogens is 5. The maximum atomic E-state index is 4.17. The Morgan fingerprint density at radius 2 is 2.40 bits per heavy atom. The van der Waals surface area contributed by atoms with E-state index in [1.54, 1.807) is 6.20 Å². The average molecular weight is 206 g/mol. The zero-order valence-electron chi connectivity index (χ0n) is 8.64. The largest absolute Gasteiger partial charge is 0.356 e. The quantitative estimate of drug-likeness (QED) is 0.702. The SMILES string of the molecule is Cn1ccnc1NCCCc1ncn[nH]1. The van der Waals surface area contributed by atoms with Crippen LogP contribution in [0.4, 0.5) is 5.95 Å². The van der Waals surface area contributed by atoms with Gasteiger partial charge in [0.1, 0.15) is 12.2 Å². The highest BCUT2D eigenvalue weighted by molar-refractivity contribution is 5.24. The van der Waals surface area contributed by atoms with Gasteiger partial charge in [0.25, 0.3) is 0 Å². The van der Waals surface area contributed by atoms with Gasteiger partial charge in [-0.05, 0) is 6.42 Å².